The summed E-state index contributed by atoms with van der Waals surface area (Å²) in [4.78, 5) is 36.8. The number of benzene rings is 2. The molecule has 0 saturated heterocycles. The van der Waals surface area contributed by atoms with Gasteiger partial charge in [0.15, 0.2) is 0 Å². The number of nitrogens with one attached hydrogen (secondary N) is 2. The highest BCUT2D eigenvalue weighted by Gasteiger charge is 2.26. The summed E-state index contributed by atoms with van der Waals surface area (Å²) in [6.45, 7) is 11.6. The largest absolute Gasteiger partial charge is 0.460 e. The predicted molar refractivity (Wildman–Crippen MR) is 142 cm³/mol. The van der Waals surface area contributed by atoms with Gasteiger partial charge in [0, 0.05) is 25.2 Å². The van der Waals surface area contributed by atoms with Gasteiger partial charge in [-0.15, -0.1) is 0 Å². The van der Waals surface area contributed by atoms with Crippen LogP contribution in [0.15, 0.2) is 48.5 Å². The SMILES string of the molecule is CC(C)(C)C(=O)OCc1cc(C(O)CNCCNC(=O)Cc2ccccc2)ccc1OC(=O)C(C)(C)C. The second-order valence-corrected chi connectivity index (χ2v) is 11.1. The van der Waals surface area contributed by atoms with Crippen molar-refractivity contribution in [3.63, 3.8) is 0 Å². The Kier molecular flexibility index (Phi) is 10.8. The monoisotopic (exact) mass is 512 g/mol. The minimum absolute atomic E-state index is 0.0663. The van der Waals surface area contributed by atoms with Crippen LogP contribution in [0.3, 0.4) is 0 Å². The van der Waals surface area contributed by atoms with Crippen LogP contribution in [0.25, 0.3) is 0 Å². The summed E-state index contributed by atoms with van der Waals surface area (Å²) in [5.41, 5.74) is 0.625. The first-order valence-corrected chi connectivity index (χ1v) is 12.5. The molecule has 8 heteroatoms. The molecule has 0 spiro atoms. The smallest absolute Gasteiger partial charge is 0.316 e. The van der Waals surface area contributed by atoms with E-state index in [1.807, 2.05) is 30.3 Å². The lowest BCUT2D eigenvalue weighted by Gasteiger charge is -2.21. The van der Waals surface area contributed by atoms with Crippen LogP contribution in [-0.4, -0.2) is 42.6 Å². The molecule has 3 N–H and O–H groups in total. The van der Waals surface area contributed by atoms with E-state index in [0.29, 0.717) is 30.6 Å². The quantitative estimate of drug-likeness (QED) is 0.239. The van der Waals surface area contributed by atoms with E-state index in [9.17, 15) is 19.5 Å². The zero-order chi connectivity index (χ0) is 27.6. The fourth-order valence-corrected chi connectivity index (χ4v) is 3.12. The molecule has 1 unspecified atom stereocenters. The van der Waals surface area contributed by atoms with Gasteiger partial charge in [-0.3, -0.25) is 14.4 Å². The molecule has 0 heterocycles. The highest BCUT2D eigenvalue weighted by Crippen LogP contribution is 2.28. The molecular weight excluding hydrogens is 472 g/mol. The van der Waals surface area contributed by atoms with Crippen molar-refractivity contribution in [1.29, 1.82) is 0 Å². The number of esters is 2. The summed E-state index contributed by atoms with van der Waals surface area (Å²) in [6.07, 6.45) is -0.539. The molecule has 0 aliphatic rings. The summed E-state index contributed by atoms with van der Waals surface area (Å²) >= 11 is 0. The van der Waals surface area contributed by atoms with Crippen molar-refractivity contribution in [2.24, 2.45) is 10.8 Å². The summed E-state index contributed by atoms with van der Waals surface area (Å²) in [6, 6.07) is 14.5. The first kappa shape index (κ1) is 30.0. The van der Waals surface area contributed by atoms with E-state index in [0.717, 1.165) is 5.56 Å². The van der Waals surface area contributed by atoms with Crippen molar-refractivity contribution in [3.05, 3.63) is 65.2 Å². The highest BCUT2D eigenvalue weighted by atomic mass is 16.5. The van der Waals surface area contributed by atoms with Crippen LogP contribution in [0.5, 0.6) is 5.75 Å². The average molecular weight is 513 g/mol. The number of carbonyl (C=O) groups is 3. The van der Waals surface area contributed by atoms with Gasteiger partial charge in [-0.2, -0.15) is 0 Å². The third-order valence-corrected chi connectivity index (χ3v) is 5.42. The number of rotatable bonds is 11. The number of aliphatic hydroxyl groups is 1. The Hall–Kier alpha value is -3.23. The highest BCUT2D eigenvalue weighted by molar-refractivity contribution is 5.79. The van der Waals surface area contributed by atoms with Gasteiger partial charge >= 0.3 is 11.9 Å². The Balaban J connectivity index is 1.95. The molecule has 0 bridgehead atoms. The van der Waals surface area contributed by atoms with Crippen molar-refractivity contribution in [2.75, 3.05) is 19.6 Å². The third kappa shape index (κ3) is 10.3. The van der Waals surface area contributed by atoms with E-state index in [1.165, 1.54) is 0 Å². The molecule has 0 radical (unpaired) electrons. The zero-order valence-corrected chi connectivity index (χ0v) is 22.7. The van der Waals surface area contributed by atoms with E-state index < -0.39 is 22.9 Å². The fraction of sp³-hybridized carbons (Fsp3) is 0.483. The van der Waals surface area contributed by atoms with Crippen LogP contribution >= 0.6 is 0 Å². The Labute approximate surface area is 219 Å². The first-order valence-electron chi connectivity index (χ1n) is 12.5. The van der Waals surface area contributed by atoms with Gasteiger partial charge in [-0.1, -0.05) is 36.4 Å². The van der Waals surface area contributed by atoms with Crippen molar-refractivity contribution in [2.45, 2.75) is 60.7 Å². The summed E-state index contributed by atoms with van der Waals surface area (Å²) < 4.78 is 11.0. The van der Waals surface area contributed by atoms with Crippen molar-refractivity contribution in [3.8, 4) is 5.75 Å². The van der Waals surface area contributed by atoms with Crippen molar-refractivity contribution < 1.29 is 29.0 Å². The number of hydrogen-bond donors (Lipinski definition) is 3. The van der Waals surface area contributed by atoms with Gasteiger partial charge in [-0.05, 0) is 64.8 Å². The standard InChI is InChI=1S/C29H40N2O6/c1-28(2,3)26(34)36-19-22-17-21(12-13-24(22)37-27(35)29(4,5)6)23(32)18-30-14-15-31-25(33)16-20-10-8-7-9-11-20/h7-13,17,23,30,32H,14-16,18-19H2,1-6H3,(H,31,33). The second kappa shape index (κ2) is 13.4. The minimum Gasteiger partial charge on any atom is -0.460 e. The molecule has 2 rings (SSSR count). The molecular formula is C29H40N2O6. The molecule has 1 amide bonds. The van der Waals surface area contributed by atoms with Gasteiger partial charge in [0.2, 0.25) is 5.91 Å². The molecule has 202 valence electrons. The Morgan fingerprint density at radius 3 is 2.16 bits per heavy atom. The maximum atomic E-state index is 12.4. The number of ether oxygens (including phenoxy) is 2. The molecule has 0 fully saturated rings. The number of carbonyl (C=O) groups excluding carboxylic acids is 3. The van der Waals surface area contributed by atoms with Gasteiger partial charge in [-0.25, -0.2) is 0 Å². The number of aliphatic hydroxyl groups excluding tert-OH is 1. The fourth-order valence-electron chi connectivity index (χ4n) is 3.12. The summed E-state index contributed by atoms with van der Waals surface area (Å²) in [7, 11) is 0. The summed E-state index contributed by atoms with van der Waals surface area (Å²) in [5, 5.41) is 16.7. The van der Waals surface area contributed by atoms with Crippen LogP contribution < -0.4 is 15.4 Å². The van der Waals surface area contributed by atoms with E-state index in [4.69, 9.17) is 9.47 Å². The van der Waals surface area contributed by atoms with Crippen LogP contribution in [0.1, 0.15) is 64.3 Å². The van der Waals surface area contributed by atoms with Gasteiger partial charge in [0.1, 0.15) is 12.4 Å². The van der Waals surface area contributed by atoms with E-state index >= 15 is 0 Å². The lowest BCUT2D eigenvalue weighted by molar-refractivity contribution is -0.154. The average Bonchev–Trinajstić information content (AvgIpc) is 2.82. The topological polar surface area (TPSA) is 114 Å². The van der Waals surface area contributed by atoms with Crippen molar-refractivity contribution >= 4 is 17.8 Å². The van der Waals surface area contributed by atoms with Crippen LogP contribution in [0.2, 0.25) is 0 Å². The second-order valence-electron chi connectivity index (χ2n) is 11.1. The minimum atomic E-state index is -0.857. The Morgan fingerprint density at radius 1 is 0.892 bits per heavy atom. The van der Waals surface area contributed by atoms with Gasteiger partial charge in [0.25, 0.3) is 0 Å². The molecule has 0 aliphatic carbocycles. The molecule has 0 aromatic heterocycles. The Morgan fingerprint density at radius 2 is 1.54 bits per heavy atom. The normalized spacial score (nSPS) is 12.5. The molecule has 2 aromatic carbocycles. The lowest BCUT2D eigenvalue weighted by atomic mass is 9.97. The molecule has 2 aromatic rings. The first-order chi connectivity index (χ1) is 17.3. The third-order valence-electron chi connectivity index (χ3n) is 5.42. The zero-order valence-electron chi connectivity index (χ0n) is 22.7. The Bertz CT molecular complexity index is 1050. The molecule has 37 heavy (non-hydrogen) atoms. The maximum absolute atomic E-state index is 12.4. The van der Waals surface area contributed by atoms with Gasteiger partial charge in [0.05, 0.1) is 23.4 Å². The van der Waals surface area contributed by atoms with Crippen LogP contribution in [0.4, 0.5) is 0 Å². The van der Waals surface area contributed by atoms with Crippen LogP contribution in [0, 0.1) is 10.8 Å². The van der Waals surface area contributed by atoms with E-state index in [2.05, 4.69) is 10.6 Å². The summed E-state index contributed by atoms with van der Waals surface area (Å²) in [5.74, 6) is -0.585. The van der Waals surface area contributed by atoms with Gasteiger partial charge < -0.3 is 25.2 Å². The maximum Gasteiger partial charge on any atom is 0.316 e. The molecule has 0 aliphatic heterocycles. The lowest BCUT2D eigenvalue weighted by Crippen LogP contribution is -2.34. The predicted octanol–water partition coefficient (Wildman–Crippen LogP) is 3.71. The van der Waals surface area contributed by atoms with E-state index in [1.54, 1.807) is 59.7 Å². The molecule has 8 nitrogen and oxygen atoms in total. The number of hydrogen-bond acceptors (Lipinski definition) is 7. The van der Waals surface area contributed by atoms with E-state index in [-0.39, 0.29) is 30.8 Å². The number of amides is 1. The molecule has 1 atom stereocenters. The van der Waals surface area contributed by atoms with Crippen molar-refractivity contribution in [1.82, 2.24) is 10.6 Å². The molecule has 0 saturated carbocycles. The van der Waals surface area contributed by atoms with Crippen LogP contribution in [-0.2, 0) is 32.1 Å².